The highest BCUT2D eigenvalue weighted by Crippen LogP contribution is 2.20. The summed E-state index contributed by atoms with van der Waals surface area (Å²) >= 11 is 0. The lowest BCUT2D eigenvalue weighted by Crippen LogP contribution is -2.54. The largest absolute Gasteiger partial charge is 0.338 e. The van der Waals surface area contributed by atoms with Gasteiger partial charge < -0.3 is 10.2 Å². The van der Waals surface area contributed by atoms with E-state index in [-0.39, 0.29) is 6.03 Å². The van der Waals surface area contributed by atoms with E-state index in [9.17, 15) is 4.79 Å². The van der Waals surface area contributed by atoms with Crippen LogP contribution in [0.1, 0.15) is 25.1 Å². The molecular formula is C18H24N6O. The number of rotatable bonds is 4. The third-order valence-corrected chi connectivity index (χ3v) is 5.09. The number of nitrogens with zero attached hydrogens (tertiary/aromatic N) is 5. The summed E-state index contributed by atoms with van der Waals surface area (Å²) in [5.41, 5.74) is 1.04. The molecule has 0 aliphatic carbocycles. The van der Waals surface area contributed by atoms with E-state index in [1.165, 1.54) is 0 Å². The van der Waals surface area contributed by atoms with Gasteiger partial charge in [-0.05, 0) is 31.4 Å². The minimum atomic E-state index is 0.105. The summed E-state index contributed by atoms with van der Waals surface area (Å²) in [5.74, 6) is 0.959. The van der Waals surface area contributed by atoms with Crippen molar-refractivity contribution in [1.29, 1.82) is 0 Å². The lowest BCUT2D eigenvalue weighted by molar-refractivity contribution is 0.107. The number of amides is 2. The van der Waals surface area contributed by atoms with Crippen molar-refractivity contribution in [3.05, 3.63) is 42.5 Å². The summed E-state index contributed by atoms with van der Waals surface area (Å²) in [6.07, 6.45) is 4.71. The Labute approximate surface area is 147 Å². The molecule has 1 aromatic carbocycles. The number of carbonyl (C=O) groups is 1. The van der Waals surface area contributed by atoms with E-state index < -0.39 is 0 Å². The molecule has 7 nitrogen and oxygen atoms in total. The van der Waals surface area contributed by atoms with Crippen molar-refractivity contribution in [3.63, 3.8) is 0 Å². The van der Waals surface area contributed by atoms with Gasteiger partial charge >= 0.3 is 6.03 Å². The minimum absolute atomic E-state index is 0.105. The van der Waals surface area contributed by atoms with Crippen LogP contribution < -0.4 is 5.32 Å². The molecule has 2 aliphatic heterocycles. The van der Waals surface area contributed by atoms with E-state index in [0.717, 1.165) is 63.5 Å². The fourth-order valence-corrected chi connectivity index (χ4v) is 3.74. The van der Waals surface area contributed by atoms with Crippen molar-refractivity contribution in [2.24, 2.45) is 0 Å². The molecule has 2 saturated heterocycles. The van der Waals surface area contributed by atoms with Gasteiger partial charge in [0.1, 0.15) is 12.2 Å². The standard InChI is InChI=1S/C18H24N6O/c25-18-19-9-4-10-23(18)15-7-11-22(12-8-15)13-17-20-14-21-24(17)16-5-2-1-3-6-16/h1-3,5-6,14-15H,4,7-13H2,(H,19,25). The Morgan fingerprint density at radius 2 is 1.92 bits per heavy atom. The minimum Gasteiger partial charge on any atom is -0.338 e. The van der Waals surface area contributed by atoms with Gasteiger partial charge in [0.2, 0.25) is 0 Å². The molecule has 1 aromatic heterocycles. The van der Waals surface area contributed by atoms with Crippen LogP contribution >= 0.6 is 0 Å². The van der Waals surface area contributed by atoms with Crippen LogP contribution in [-0.2, 0) is 6.54 Å². The number of carbonyl (C=O) groups excluding carboxylic acids is 1. The van der Waals surface area contributed by atoms with Gasteiger partial charge in [0.15, 0.2) is 0 Å². The molecule has 132 valence electrons. The summed E-state index contributed by atoms with van der Waals surface area (Å²) in [7, 11) is 0. The van der Waals surface area contributed by atoms with Gasteiger partial charge in [-0.15, -0.1) is 0 Å². The predicted octanol–water partition coefficient (Wildman–Crippen LogP) is 1.65. The second-order valence-electron chi connectivity index (χ2n) is 6.71. The smallest absolute Gasteiger partial charge is 0.317 e. The van der Waals surface area contributed by atoms with E-state index >= 15 is 0 Å². The van der Waals surface area contributed by atoms with Gasteiger partial charge in [0, 0.05) is 32.2 Å². The molecule has 2 aromatic rings. The van der Waals surface area contributed by atoms with Crippen LogP contribution in [0.25, 0.3) is 5.69 Å². The normalized spacial score (nSPS) is 19.8. The first-order valence-electron chi connectivity index (χ1n) is 9.02. The summed E-state index contributed by atoms with van der Waals surface area (Å²) in [5, 5.41) is 7.32. The fourth-order valence-electron chi connectivity index (χ4n) is 3.74. The summed E-state index contributed by atoms with van der Waals surface area (Å²) in [6.45, 7) is 4.45. The van der Waals surface area contributed by atoms with E-state index in [2.05, 4.69) is 20.3 Å². The van der Waals surface area contributed by atoms with E-state index in [4.69, 9.17) is 0 Å². The van der Waals surface area contributed by atoms with Gasteiger partial charge in [-0.2, -0.15) is 5.10 Å². The maximum absolute atomic E-state index is 12.0. The zero-order valence-electron chi connectivity index (χ0n) is 14.3. The topological polar surface area (TPSA) is 66.3 Å². The number of para-hydroxylation sites is 1. The highest BCUT2D eigenvalue weighted by molar-refractivity contribution is 5.75. The number of hydrogen-bond donors (Lipinski definition) is 1. The highest BCUT2D eigenvalue weighted by Gasteiger charge is 2.29. The molecule has 25 heavy (non-hydrogen) atoms. The average Bonchev–Trinajstić information content (AvgIpc) is 3.12. The zero-order chi connectivity index (χ0) is 17.1. The van der Waals surface area contributed by atoms with Gasteiger partial charge in [-0.25, -0.2) is 14.5 Å². The number of nitrogens with one attached hydrogen (secondary N) is 1. The number of hydrogen-bond acceptors (Lipinski definition) is 4. The number of likely N-dealkylation sites (tertiary alicyclic amines) is 1. The Kier molecular flexibility index (Phi) is 4.65. The van der Waals surface area contributed by atoms with Gasteiger partial charge in [0.25, 0.3) is 0 Å². The second kappa shape index (κ2) is 7.23. The van der Waals surface area contributed by atoms with Crippen molar-refractivity contribution < 1.29 is 4.79 Å². The summed E-state index contributed by atoms with van der Waals surface area (Å²) in [6, 6.07) is 10.6. The number of aromatic nitrogens is 3. The SMILES string of the molecule is O=C1NCCCN1C1CCN(Cc2ncnn2-c2ccccc2)CC1. The van der Waals surface area contributed by atoms with Crippen LogP contribution in [0.15, 0.2) is 36.7 Å². The lowest BCUT2D eigenvalue weighted by Gasteiger charge is -2.40. The molecule has 4 rings (SSSR count). The molecule has 1 N–H and O–H groups in total. The van der Waals surface area contributed by atoms with Gasteiger partial charge in [-0.1, -0.05) is 18.2 Å². The molecule has 2 fully saturated rings. The third kappa shape index (κ3) is 3.51. The van der Waals surface area contributed by atoms with Gasteiger partial charge in [-0.3, -0.25) is 4.90 Å². The highest BCUT2D eigenvalue weighted by atomic mass is 16.2. The second-order valence-corrected chi connectivity index (χ2v) is 6.71. The monoisotopic (exact) mass is 340 g/mol. The maximum Gasteiger partial charge on any atom is 0.317 e. The van der Waals surface area contributed by atoms with Crippen LogP contribution in [0.4, 0.5) is 4.79 Å². The van der Waals surface area contributed by atoms with E-state index in [1.54, 1.807) is 6.33 Å². The van der Waals surface area contributed by atoms with Crippen LogP contribution in [0, 0.1) is 0 Å². The van der Waals surface area contributed by atoms with Crippen LogP contribution in [0.3, 0.4) is 0 Å². The first-order chi connectivity index (χ1) is 12.3. The van der Waals surface area contributed by atoms with Crippen LogP contribution in [0.5, 0.6) is 0 Å². The van der Waals surface area contributed by atoms with Crippen molar-refractivity contribution in [1.82, 2.24) is 29.9 Å². The molecule has 0 unspecified atom stereocenters. The third-order valence-electron chi connectivity index (χ3n) is 5.09. The van der Waals surface area contributed by atoms with E-state index in [0.29, 0.717) is 6.04 Å². The Bertz CT molecular complexity index is 707. The molecule has 3 heterocycles. The van der Waals surface area contributed by atoms with Crippen molar-refractivity contribution in [2.75, 3.05) is 26.2 Å². The molecule has 7 heteroatoms. The van der Waals surface area contributed by atoms with Crippen LogP contribution in [-0.4, -0.2) is 62.8 Å². The number of urea groups is 1. The number of benzene rings is 1. The summed E-state index contributed by atoms with van der Waals surface area (Å²) in [4.78, 5) is 20.9. The molecular weight excluding hydrogens is 316 g/mol. The Morgan fingerprint density at radius 1 is 1.12 bits per heavy atom. The van der Waals surface area contributed by atoms with Gasteiger partial charge in [0.05, 0.1) is 12.2 Å². The van der Waals surface area contributed by atoms with Crippen molar-refractivity contribution >= 4 is 6.03 Å². The molecule has 0 radical (unpaired) electrons. The Hall–Kier alpha value is -2.41. The number of piperidine rings is 1. The molecule has 0 bridgehead atoms. The lowest BCUT2D eigenvalue weighted by atomic mass is 10.0. The molecule has 2 aliphatic rings. The van der Waals surface area contributed by atoms with E-state index in [1.807, 2.05) is 39.9 Å². The van der Waals surface area contributed by atoms with Crippen molar-refractivity contribution in [3.8, 4) is 5.69 Å². The molecule has 2 amide bonds. The average molecular weight is 340 g/mol. The molecule has 0 spiro atoms. The molecule has 0 atom stereocenters. The van der Waals surface area contributed by atoms with Crippen LogP contribution in [0.2, 0.25) is 0 Å². The first kappa shape index (κ1) is 16.1. The Balaban J connectivity index is 1.37. The quantitative estimate of drug-likeness (QED) is 0.919. The summed E-state index contributed by atoms with van der Waals surface area (Å²) < 4.78 is 1.91. The maximum atomic E-state index is 12.0. The van der Waals surface area contributed by atoms with Crippen molar-refractivity contribution in [2.45, 2.75) is 31.8 Å². The molecule has 0 saturated carbocycles. The fraction of sp³-hybridized carbons (Fsp3) is 0.500. The zero-order valence-corrected chi connectivity index (χ0v) is 14.3. The predicted molar refractivity (Wildman–Crippen MR) is 94.4 cm³/mol. The first-order valence-corrected chi connectivity index (χ1v) is 9.02. The Morgan fingerprint density at radius 3 is 2.68 bits per heavy atom.